The van der Waals surface area contributed by atoms with Gasteiger partial charge in [-0.05, 0) is 29.3 Å². The Hall–Kier alpha value is -2.48. The van der Waals surface area contributed by atoms with Crippen LogP contribution in [-0.4, -0.2) is 27.2 Å². The van der Waals surface area contributed by atoms with Crippen molar-refractivity contribution in [2.45, 2.75) is 25.3 Å². The highest BCUT2D eigenvalue weighted by molar-refractivity contribution is 5.65. The highest BCUT2D eigenvalue weighted by Crippen LogP contribution is 2.44. The Morgan fingerprint density at radius 2 is 1.64 bits per heavy atom. The first kappa shape index (κ1) is 17.3. The van der Waals surface area contributed by atoms with E-state index in [0.717, 1.165) is 0 Å². The zero-order valence-corrected chi connectivity index (χ0v) is 15.9. The van der Waals surface area contributed by atoms with Crippen LogP contribution in [0.1, 0.15) is 25.0 Å². The van der Waals surface area contributed by atoms with Crippen molar-refractivity contribution in [3.05, 3.63) is 77.9 Å². The van der Waals surface area contributed by atoms with E-state index in [4.69, 9.17) is 0 Å². The number of nitrogens with zero attached hydrogens (tertiary/aromatic N) is 2. The lowest BCUT2D eigenvalue weighted by atomic mass is 9.80. The number of rotatable bonds is 4. The smallest absolute Gasteiger partial charge is 0.0565 e. The van der Waals surface area contributed by atoms with Crippen molar-refractivity contribution < 1.29 is 0 Å². The zero-order valence-electron chi connectivity index (χ0n) is 15.9. The number of fused-ring (bicyclic) bond motifs is 1. The number of likely N-dealkylation sites (N-methyl/N-ethyl adjacent to an activating group) is 1. The molecule has 0 N–H and O–H groups in total. The van der Waals surface area contributed by atoms with Gasteiger partial charge in [0.1, 0.15) is 0 Å². The second-order valence-electron chi connectivity index (χ2n) is 7.52. The minimum Gasteiger partial charge on any atom is -0.378 e. The lowest BCUT2D eigenvalue weighted by Crippen LogP contribution is -2.37. The molecular weight excluding hydrogens is 304 g/mol. The van der Waals surface area contributed by atoms with Crippen molar-refractivity contribution in [3.63, 3.8) is 0 Å². The summed E-state index contributed by atoms with van der Waals surface area (Å²) in [4.78, 5) is 4.49. The molecule has 2 aromatic rings. The third kappa shape index (κ3) is 3.34. The minimum atomic E-state index is 0.114. The molecule has 1 unspecified atom stereocenters. The van der Waals surface area contributed by atoms with Crippen LogP contribution in [-0.2, 0) is 5.41 Å². The molecule has 2 nitrogen and oxygen atoms in total. The van der Waals surface area contributed by atoms with Crippen LogP contribution in [0.25, 0.3) is 6.08 Å². The lowest BCUT2D eigenvalue weighted by Gasteiger charge is -2.29. The summed E-state index contributed by atoms with van der Waals surface area (Å²) in [5.74, 6) is 0. The van der Waals surface area contributed by atoms with Gasteiger partial charge in [0.2, 0.25) is 0 Å². The van der Waals surface area contributed by atoms with E-state index < -0.39 is 0 Å². The Kier molecular flexibility index (Phi) is 4.71. The van der Waals surface area contributed by atoms with Gasteiger partial charge in [0.15, 0.2) is 0 Å². The molecule has 0 fully saturated rings. The number of anilines is 2. The van der Waals surface area contributed by atoms with Crippen LogP contribution >= 0.6 is 0 Å². The summed E-state index contributed by atoms with van der Waals surface area (Å²) in [6, 6.07) is 17.7. The second kappa shape index (κ2) is 6.79. The van der Waals surface area contributed by atoms with Crippen LogP contribution < -0.4 is 9.80 Å². The average molecular weight is 332 g/mol. The molecule has 0 aromatic heterocycles. The molecule has 3 rings (SSSR count). The summed E-state index contributed by atoms with van der Waals surface area (Å²) in [5.41, 5.74) is 5.32. The molecule has 0 saturated heterocycles. The predicted octanol–water partition coefficient (Wildman–Crippen LogP) is 5.12. The first-order chi connectivity index (χ1) is 11.9. The normalized spacial score (nSPS) is 18.9. The summed E-state index contributed by atoms with van der Waals surface area (Å²) in [6.45, 7) is 4.65. The fourth-order valence-corrected chi connectivity index (χ4v) is 3.71. The monoisotopic (exact) mass is 332 g/mol. The number of benzene rings is 2. The van der Waals surface area contributed by atoms with Crippen molar-refractivity contribution in [1.82, 2.24) is 0 Å². The van der Waals surface area contributed by atoms with Crippen molar-refractivity contribution in [1.29, 1.82) is 0 Å². The van der Waals surface area contributed by atoms with Crippen molar-refractivity contribution in [2.24, 2.45) is 0 Å². The van der Waals surface area contributed by atoms with E-state index in [1.165, 1.54) is 22.5 Å². The molecule has 0 amide bonds. The average Bonchev–Trinajstić information content (AvgIpc) is 2.79. The standard InChI is InChI=1S/C23H28N2/c1-23(2)20-11-7-8-12-21(20)25(5)22(23)13-9-6-10-18-14-16-19(17-15-18)24(3)4/h6-17,22H,1-5H3/b10-6+,13-9+. The van der Waals surface area contributed by atoms with Gasteiger partial charge in [-0.1, -0.05) is 68.5 Å². The summed E-state index contributed by atoms with van der Waals surface area (Å²) < 4.78 is 0. The third-order valence-corrected chi connectivity index (χ3v) is 5.24. The molecule has 2 aromatic carbocycles. The molecule has 0 radical (unpaired) electrons. The van der Waals surface area contributed by atoms with Crippen LogP contribution in [0, 0.1) is 0 Å². The Morgan fingerprint density at radius 1 is 0.960 bits per heavy atom. The van der Waals surface area contributed by atoms with Gasteiger partial charge in [-0.25, -0.2) is 0 Å². The quantitative estimate of drug-likeness (QED) is 0.717. The van der Waals surface area contributed by atoms with E-state index in [9.17, 15) is 0 Å². The first-order valence-electron chi connectivity index (χ1n) is 8.86. The number of para-hydroxylation sites is 1. The molecule has 130 valence electrons. The van der Waals surface area contributed by atoms with Gasteiger partial charge in [-0.3, -0.25) is 0 Å². The predicted molar refractivity (Wildman–Crippen MR) is 111 cm³/mol. The number of hydrogen-bond acceptors (Lipinski definition) is 2. The highest BCUT2D eigenvalue weighted by atomic mass is 15.2. The van der Waals surface area contributed by atoms with Gasteiger partial charge < -0.3 is 9.80 Å². The van der Waals surface area contributed by atoms with Gasteiger partial charge >= 0.3 is 0 Å². The van der Waals surface area contributed by atoms with Gasteiger partial charge in [-0.15, -0.1) is 0 Å². The number of allylic oxidation sites excluding steroid dienone is 2. The topological polar surface area (TPSA) is 6.48 Å². The van der Waals surface area contributed by atoms with Crippen molar-refractivity contribution >= 4 is 17.5 Å². The Morgan fingerprint density at radius 3 is 2.28 bits per heavy atom. The lowest BCUT2D eigenvalue weighted by molar-refractivity contribution is 0.488. The van der Waals surface area contributed by atoms with Crippen LogP contribution in [0.15, 0.2) is 66.8 Å². The molecule has 0 spiro atoms. The highest BCUT2D eigenvalue weighted by Gasteiger charge is 2.40. The maximum Gasteiger partial charge on any atom is 0.0565 e. The van der Waals surface area contributed by atoms with E-state index in [1.54, 1.807) is 0 Å². The molecule has 1 atom stereocenters. The molecular formula is C23H28N2. The summed E-state index contributed by atoms with van der Waals surface area (Å²) in [5, 5.41) is 0. The van der Waals surface area contributed by atoms with Gasteiger partial charge in [0, 0.05) is 37.9 Å². The largest absolute Gasteiger partial charge is 0.378 e. The molecule has 0 saturated carbocycles. The summed E-state index contributed by atoms with van der Waals surface area (Å²) in [7, 11) is 6.31. The molecule has 1 heterocycles. The molecule has 2 heteroatoms. The first-order valence-corrected chi connectivity index (χ1v) is 8.86. The van der Waals surface area contributed by atoms with Crippen LogP contribution in [0.2, 0.25) is 0 Å². The third-order valence-electron chi connectivity index (χ3n) is 5.24. The zero-order chi connectivity index (χ0) is 18.0. The Bertz CT molecular complexity index is 782. The van der Waals surface area contributed by atoms with Gasteiger partial charge in [0.05, 0.1) is 6.04 Å². The SMILES string of the molecule is CN(C)c1ccc(/C=C/C=C/C2N(C)c3ccccc3C2(C)C)cc1. The molecule has 1 aliphatic rings. The van der Waals surface area contributed by atoms with E-state index in [0.29, 0.717) is 6.04 Å². The van der Waals surface area contributed by atoms with Crippen LogP contribution in [0.5, 0.6) is 0 Å². The second-order valence-corrected chi connectivity index (χ2v) is 7.52. The van der Waals surface area contributed by atoms with Crippen molar-refractivity contribution in [2.75, 3.05) is 30.9 Å². The molecule has 0 aliphatic carbocycles. The van der Waals surface area contributed by atoms with Gasteiger partial charge in [0.25, 0.3) is 0 Å². The van der Waals surface area contributed by atoms with Crippen molar-refractivity contribution in [3.8, 4) is 0 Å². The van der Waals surface area contributed by atoms with E-state index in [2.05, 4.69) is 118 Å². The fourth-order valence-electron chi connectivity index (χ4n) is 3.71. The number of hydrogen-bond donors (Lipinski definition) is 0. The Labute approximate surface area is 152 Å². The molecule has 0 bridgehead atoms. The van der Waals surface area contributed by atoms with Crippen LogP contribution in [0.4, 0.5) is 11.4 Å². The minimum absolute atomic E-state index is 0.114. The van der Waals surface area contributed by atoms with Gasteiger partial charge in [-0.2, -0.15) is 0 Å². The maximum absolute atomic E-state index is 2.38. The fraction of sp³-hybridized carbons (Fsp3) is 0.304. The van der Waals surface area contributed by atoms with E-state index in [-0.39, 0.29) is 5.41 Å². The molecule has 25 heavy (non-hydrogen) atoms. The van der Waals surface area contributed by atoms with E-state index in [1.807, 2.05) is 0 Å². The Balaban J connectivity index is 1.72. The van der Waals surface area contributed by atoms with E-state index >= 15 is 0 Å². The molecule has 1 aliphatic heterocycles. The van der Waals surface area contributed by atoms with Crippen LogP contribution in [0.3, 0.4) is 0 Å². The maximum atomic E-state index is 2.38. The summed E-state index contributed by atoms with van der Waals surface area (Å²) >= 11 is 0. The summed E-state index contributed by atoms with van der Waals surface area (Å²) in [6.07, 6.45) is 8.78.